The van der Waals surface area contributed by atoms with Crippen molar-refractivity contribution < 1.29 is 5.41 Å². The highest BCUT2D eigenvalue weighted by Gasteiger charge is 1.99. The molecule has 4 heteroatoms. The van der Waals surface area contributed by atoms with Crippen LogP contribution in [0.1, 0.15) is 5.69 Å². The normalized spacial score (nSPS) is 8.89. The predicted molar refractivity (Wildman–Crippen MR) is 32.3 cm³/mol. The average Bonchev–Trinajstić information content (AvgIpc) is 1.90. The molecule has 0 saturated heterocycles. The molecule has 0 amide bonds. The predicted octanol–water partition coefficient (Wildman–Crippen LogP) is -2.06. The van der Waals surface area contributed by atoms with Gasteiger partial charge >= 0.3 is 0 Å². The molecule has 9 heavy (non-hydrogen) atoms. The lowest BCUT2D eigenvalue weighted by atomic mass is 10.4. The Labute approximate surface area is 52.3 Å². The van der Waals surface area contributed by atoms with Gasteiger partial charge in [0, 0.05) is 12.4 Å². The van der Waals surface area contributed by atoms with Crippen molar-refractivity contribution in [3.05, 3.63) is 24.3 Å². The van der Waals surface area contributed by atoms with Crippen molar-refractivity contribution in [2.45, 2.75) is 0 Å². The highest BCUT2D eigenvalue weighted by Crippen LogP contribution is 1.82. The van der Waals surface area contributed by atoms with Gasteiger partial charge in [0.15, 0.2) is 5.69 Å². The summed E-state index contributed by atoms with van der Waals surface area (Å²) in [6.45, 7) is 0. The molecule has 1 aromatic heterocycles. The van der Waals surface area contributed by atoms with Gasteiger partial charge in [0.25, 0.3) is 5.84 Å². The molecule has 0 saturated carbocycles. The first-order chi connectivity index (χ1) is 4.30. The smallest absolute Gasteiger partial charge is 0.286 e. The zero-order chi connectivity index (χ0) is 6.69. The summed E-state index contributed by atoms with van der Waals surface area (Å²) in [5, 5.41) is 5.21. The van der Waals surface area contributed by atoms with Gasteiger partial charge in [-0.05, 0) is 0 Å². The summed E-state index contributed by atoms with van der Waals surface area (Å²) in [6, 6.07) is 0. The van der Waals surface area contributed by atoms with Gasteiger partial charge in [-0.3, -0.25) is 16.1 Å². The van der Waals surface area contributed by atoms with Crippen molar-refractivity contribution in [3.63, 3.8) is 0 Å². The zero-order valence-corrected chi connectivity index (χ0v) is 4.78. The van der Waals surface area contributed by atoms with E-state index in [1.54, 1.807) is 6.20 Å². The molecule has 0 aliphatic heterocycles. The summed E-state index contributed by atoms with van der Waals surface area (Å²) in [4.78, 5) is 7.59. The Kier molecular flexibility index (Phi) is 1.40. The van der Waals surface area contributed by atoms with E-state index in [1.807, 2.05) is 0 Å². The largest absolute Gasteiger partial charge is 0.291 e. The van der Waals surface area contributed by atoms with E-state index >= 15 is 0 Å². The minimum absolute atomic E-state index is 0.197. The van der Waals surface area contributed by atoms with E-state index in [0.717, 1.165) is 0 Å². The quantitative estimate of drug-likeness (QED) is 0.333. The molecule has 1 heterocycles. The molecule has 4 N–H and O–H groups in total. The van der Waals surface area contributed by atoms with Gasteiger partial charge in [-0.2, -0.15) is 0 Å². The fraction of sp³-hybridized carbons (Fsp3) is 0. The maximum Gasteiger partial charge on any atom is 0.291 e. The second-order valence-corrected chi connectivity index (χ2v) is 1.55. The summed E-state index contributed by atoms with van der Waals surface area (Å²) in [7, 11) is 0. The van der Waals surface area contributed by atoms with E-state index in [1.165, 1.54) is 12.4 Å². The molecule has 0 aromatic carbocycles. The molecule has 0 unspecified atom stereocenters. The molecular weight excluding hydrogens is 116 g/mol. The van der Waals surface area contributed by atoms with Crippen molar-refractivity contribution in [1.82, 2.24) is 9.97 Å². The van der Waals surface area contributed by atoms with Crippen LogP contribution in [0.15, 0.2) is 18.6 Å². The number of nitrogens with zero attached hydrogens (tertiary/aromatic N) is 2. The van der Waals surface area contributed by atoms with E-state index < -0.39 is 0 Å². The van der Waals surface area contributed by atoms with Crippen molar-refractivity contribution in [3.8, 4) is 0 Å². The van der Waals surface area contributed by atoms with Crippen LogP contribution >= 0.6 is 0 Å². The molecule has 1 rings (SSSR count). The first-order valence-electron chi connectivity index (χ1n) is 2.45. The first-order valence-corrected chi connectivity index (χ1v) is 2.45. The van der Waals surface area contributed by atoms with Crippen LogP contribution in [-0.2, 0) is 0 Å². The summed E-state index contributed by atoms with van der Waals surface area (Å²) in [6.07, 6.45) is 4.61. The molecule has 0 aliphatic rings. The summed E-state index contributed by atoms with van der Waals surface area (Å²) < 4.78 is 0. The highest BCUT2D eigenvalue weighted by molar-refractivity contribution is 5.89. The lowest BCUT2D eigenvalue weighted by Crippen LogP contribution is -2.46. The highest BCUT2D eigenvalue weighted by atomic mass is 14.8. The van der Waals surface area contributed by atoms with E-state index in [0.29, 0.717) is 5.69 Å². The second kappa shape index (κ2) is 2.21. The third-order valence-electron chi connectivity index (χ3n) is 0.859. The minimum atomic E-state index is 0.197. The van der Waals surface area contributed by atoms with Crippen LogP contribution in [0.5, 0.6) is 0 Å². The monoisotopic (exact) mass is 123 g/mol. The van der Waals surface area contributed by atoms with E-state index in [9.17, 15) is 0 Å². The van der Waals surface area contributed by atoms with Crippen LogP contribution in [-0.4, -0.2) is 15.8 Å². The van der Waals surface area contributed by atoms with E-state index in [4.69, 9.17) is 11.1 Å². The number of nitrogens with two attached hydrogens (primary N) is 2. The van der Waals surface area contributed by atoms with Crippen LogP contribution in [0.2, 0.25) is 0 Å². The standard InChI is InChI=1S/C5H6N4/c6-5(7)4-3-8-1-2-9-4/h1-3H,(H3,6,7)/p+1. The van der Waals surface area contributed by atoms with E-state index in [-0.39, 0.29) is 5.84 Å². The maximum atomic E-state index is 5.21. The van der Waals surface area contributed by atoms with Gasteiger partial charge < -0.3 is 0 Å². The van der Waals surface area contributed by atoms with Gasteiger partial charge in [0.2, 0.25) is 0 Å². The zero-order valence-electron chi connectivity index (χ0n) is 4.78. The Morgan fingerprint density at radius 2 is 2.33 bits per heavy atom. The molecule has 46 valence electrons. The summed E-state index contributed by atoms with van der Waals surface area (Å²) in [5.41, 5.74) is 5.73. The van der Waals surface area contributed by atoms with Crippen LogP contribution in [0.4, 0.5) is 0 Å². The lowest BCUT2D eigenvalue weighted by Gasteiger charge is -1.86. The van der Waals surface area contributed by atoms with Gasteiger partial charge in [-0.1, -0.05) is 0 Å². The maximum absolute atomic E-state index is 5.21. The Morgan fingerprint density at radius 3 is 2.67 bits per heavy atom. The Bertz CT molecular complexity index is 205. The van der Waals surface area contributed by atoms with Gasteiger partial charge in [-0.25, -0.2) is 4.98 Å². The summed E-state index contributed by atoms with van der Waals surface area (Å²) >= 11 is 0. The minimum Gasteiger partial charge on any atom is -0.286 e. The molecule has 1 aromatic rings. The number of amidine groups is 1. The number of rotatable bonds is 1. The molecule has 0 aliphatic carbocycles. The van der Waals surface area contributed by atoms with Crippen LogP contribution < -0.4 is 11.1 Å². The second-order valence-electron chi connectivity index (χ2n) is 1.55. The van der Waals surface area contributed by atoms with Gasteiger partial charge in [0.1, 0.15) is 0 Å². The average molecular weight is 123 g/mol. The van der Waals surface area contributed by atoms with Gasteiger partial charge in [0.05, 0.1) is 6.20 Å². The van der Waals surface area contributed by atoms with Crippen LogP contribution in [0, 0.1) is 0 Å². The molecule has 0 radical (unpaired) electrons. The Morgan fingerprint density at radius 1 is 1.56 bits per heavy atom. The molecule has 0 atom stereocenters. The molecule has 0 fully saturated rings. The third-order valence-corrected chi connectivity index (χ3v) is 0.859. The van der Waals surface area contributed by atoms with Crippen LogP contribution in [0.3, 0.4) is 0 Å². The first kappa shape index (κ1) is 5.68. The molecule has 0 spiro atoms. The fourth-order valence-electron chi connectivity index (χ4n) is 0.448. The fourth-order valence-corrected chi connectivity index (χ4v) is 0.448. The van der Waals surface area contributed by atoms with E-state index in [2.05, 4.69) is 9.97 Å². The van der Waals surface area contributed by atoms with Gasteiger partial charge in [-0.15, -0.1) is 0 Å². The molecule has 4 nitrogen and oxygen atoms in total. The summed E-state index contributed by atoms with van der Waals surface area (Å²) in [5.74, 6) is 0.197. The van der Waals surface area contributed by atoms with Crippen molar-refractivity contribution >= 4 is 5.84 Å². The number of aromatic nitrogens is 2. The molecule has 0 bridgehead atoms. The third kappa shape index (κ3) is 1.22. The molecular formula is C5H7N4+. The van der Waals surface area contributed by atoms with Crippen molar-refractivity contribution in [2.24, 2.45) is 5.73 Å². The Balaban J connectivity index is 2.98. The SMILES string of the molecule is NC(=[NH2+])c1cnccn1. The van der Waals surface area contributed by atoms with Crippen molar-refractivity contribution in [2.75, 3.05) is 0 Å². The number of hydrogen-bond acceptors (Lipinski definition) is 2. The van der Waals surface area contributed by atoms with Crippen molar-refractivity contribution in [1.29, 1.82) is 0 Å². The number of hydrogen-bond donors (Lipinski definition) is 2. The van der Waals surface area contributed by atoms with Crippen LogP contribution in [0.25, 0.3) is 0 Å². The Hall–Kier alpha value is -1.45. The lowest BCUT2D eigenvalue weighted by molar-refractivity contribution is -0.114. The topological polar surface area (TPSA) is 77.4 Å².